The molecule has 2 unspecified atom stereocenters. The van der Waals surface area contributed by atoms with Crippen molar-refractivity contribution in [2.45, 2.75) is 18.6 Å². The van der Waals surface area contributed by atoms with E-state index in [-0.39, 0.29) is 12.1 Å². The summed E-state index contributed by atoms with van der Waals surface area (Å²) in [6.07, 6.45) is 5.67. The van der Waals surface area contributed by atoms with Crippen LogP contribution in [0, 0.1) is 0 Å². The molecule has 1 aliphatic heterocycles. The maximum Gasteiger partial charge on any atom is 0.170 e. The van der Waals surface area contributed by atoms with Gasteiger partial charge in [0.05, 0.1) is 30.0 Å². The lowest BCUT2D eigenvalue weighted by molar-refractivity contribution is 0.299. The number of nitrogens with zero attached hydrogens (tertiary/aromatic N) is 4. The number of aromatic nitrogens is 3. The topological polar surface area (TPSA) is 46.0 Å². The van der Waals surface area contributed by atoms with Crippen LogP contribution in [-0.4, -0.2) is 24.5 Å². The van der Waals surface area contributed by atoms with Crippen LogP contribution in [0.3, 0.4) is 0 Å². The molecule has 0 saturated carbocycles. The van der Waals surface area contributed by atoms with E-state index in [2.05, 4.69) is 43.1 Å². The van der Waals surface area contributed by atoms with E-state index in [0.717, 1.165) is 22.8 Å². The van der Waals surface area contributed by atoms with Crippen molar-refractivity contribution in [1.82, 2.24) is 24.8 Å². The number of rotatable bonds is 5. The van der Waals surface area contributed by atoms with E-state index >= 15 is 0 Å². The molecule has 5 nitrogen and oxygen atoms in total. The lowest BCUT2D eigenvalue weighted by Gasteiger charge is -2.28. The molecule has 0 radical (unpaired) electrons. The summed E-state index contributed by atoms with van der Waals surface area (Å²) < 4.78 is 2.16. The highest BCUT2D eigenvalue weighted by Crippen LogP contribution is 2.40. The number of thiocarbonyl (C=S) groups is 1. The summed E-state index contributed by atoms with van der Waals surface area (Å²) in [7, 11) is 0. The Morgan fingerprint density at radius 1 is 0.935 bits per heavy atom. The molecular weight excluding hydrogens is 426 g/mol. The van der Waals surface area contributed by atoms with Crippen molar-refractivity contribution < 1.29 is 0 Å². The van der Waals surface area contributed by atoms with Crippen molar-refractivity contribution in [2.24, 2.45) is 0 Å². The number of halogens is 1. The van der Waals surface area contributed by atoms with Crippen LogP contribution >= 0.6 is 23.8 Å². The van der Waals surface area contributed by atoms with Gasteiger partial charge in [-0.2, -0.15) is 0 Å². The van der Waals surface area contributed by atoms with Gasteiger partial charge in [0, 0.05) is 35.0 Å². The molecule has 0 spiro atoms. The van der Waals surface area contributed by atoms with E-state index in [1.807, 2.05) is 73.1 Å². The van der Waals surface area contributed by atoms with Crippen LogP contribution in [0.15, 0.2) is 91.4 Å². The van der Waals surface area contributed by atoms with Crippen LogP contribution in [0.1, 0.15) is 29.2 Å². The molecule has 7 heteroatoms. The minimum atomic E-state index is -0.0924. The second kappa shape index (κ2) is 8.49. The molecule has 0 amide bonds. The maximum atomic E-state index is 6.28. The molecule has 2 atom stereocenters. The molecule has 31 heavy (non-hydrogen) atoms. The third kappa shape index (κ3) is 3.92. The monoisotopic (exact) mass is 445 g/mol. The summed E-state index contributed by atoms with van der Waals surface area (Å²) in [5.41, 5.74) is 4.00. The highest BCUT2D eigenvalue weighted by atomic mass is 35.5. The fraction of sp³-hybridized carbons (Fsp3) is 0.125. The highest BCUT2D eigenvalue weighted by Gasteiger charge is 2.41. The Hall–Kier alpha value is -3.22. The molecule has 1 N–H and O–H groups in total. The molecule has 154 valence electrons. The van der Waals surface area contributed by atoms with Crippen LogP contribution in [0.4, 0.5) is 0 Å². The van der Waals surface area contributed by atoms with Gasteiger partial charge >= 0.3 is 0 Å². The van der Waals surface area contributed by atoms with Crippen molar-refractivity contribution in [1.29, 1.82) is 0 Å². The number of hydrogen-bond donors (Lipinski definition) is 1. The van der Waals surface area contributed by atoms with Crippen molar-refractivity contribution in [3.05, 3.63) is 113 Å². The quantitative estimate of drug-likeness (QED) is 0.433. The molecule has 3 aromatic heterocycles. The molecule has 4 aromatic rings. The SMILES string of the molecule is S=C1NC(c2ccccn2)C(c2cccn2-c2cccc(Cl)c2)N1Cc1ccccn1. The largest absolute Gasteiger partial charge is 0.352 e. The van der Waals surface area contributed by atoms with E-state index < -0.39 is 0 Å². The zero-order valence-electron chi connectivity index (χ0n) is 16.6. The first-order valence-corrected chi connectivity index (χ1v) is 10.8. The molecule has 0 aliphatic carbocycles. The van der Waals surface area contributed by atoms with Gasteiger partial charge in [-0.3, -0.25) is 9.97 Å². The zero-order valence-corrected chi connectivity index (χ0v) is 18.2. The van der Waals surface area contributed by atoms with E-state index in [1.165, 1.54) is 0 Å². The standard InChI is InChI=1S/C24H20ClN5S/c25-17-7-5-9-19(15-17)29-14-6-11-21(29)23-22(20-10-2-4-13-27-20)28-24(31)30(23)16-18-8-1-3-12-26-18/h1-15,22-23H,16H2,(H,28,31). The number of pyridine rings is 2. The molecule has 1 aliphatic rings. The summed E-state index contributed by atoms with van der Waals surface area (Å²) in [6.45, 7) is 0.599. The maximum absolute atomic E-state index is 6.28. The van der Waals surface area contributed by atoms with Crippen LogP contribution in [0.25, 0.3) is 5.69 Å². The lowest BCUT2D eigenvalue weighted by Crippen LogP contribution is -2.30. The molecule has 4 heterocycles. The lowest BCUT2D eigenvalue weighted by atomic mass is 10.0. The molecule has 1 aromatic carbocycles. The van der Waals surface area contributed by atoms with Gasteiger partial charge in [-0.1, -0.05) is 29.8 Å². The normalized spacial score (nSPS) is 18.2. The predicted octanol–water partition coefficient (Wildman–Crippen LogP) is 5.09. The Kier molecular flexibility index (Phi) is 5.40. The zero-order chi connectivity index (χ0) is 21.2. The van der Waals surface area contributed by atoms with Gasteiger partial charge in [-0.25, -0.2) is 0 Å². The summed E-state index contributed by atoms with van der Waals surface area (Å²) in [5.74, 6) is 0. The number of benzene rings is 1. The van der Waals surface area contributed by atoms with E-state index in [1.54, 1.807) is 0 Å². The second-order valence-electron chi connectivity index (χ2n) is 7.36. The Morgan fingerprint density at radius 2 is 1.77 bits per heavy atom. The summed E-state index contributed by atoms with van der Waals surface area (Å²) in [6, 6.07) is 23.8. The van der Waals surface area contributed by atoms with E-state index in [9.17, 15) is 0 Å². The van der Waals surface area contributed by atoms with Gasteiger partial charge in [-0.05, 0) is 66.8 Å². The first-order chi connectivity index (χ1) is 15.2. The second-order valence-corrected chi connectivity index (χ2v) is 8.18. The minimum Gasteiger partial charge on any atom is -0.352 e. The fourth-order valence-electron chi connectivity index (χ4n) is 4.06. The van der Waals surface area contributed by atoms with Crippen LogP contribution in [-0.2, 0) is 6.54 Å². The van der Waals surface area contributed by atoms with E-state index in [0.29, 0.717) is 16.7 Å². The third-order valence-corrected chi connectivity index (χ3v) is 6.01. The van der Waals surface area contributed by atoms with Crippen LogP contribution in [0.5, 0.6) is 0 Å². The van der Waals surface area contributed by atoms with Gasteiger partial charge in [-0.15, -0.1) is 0 Å². The fourth-order valence-corrected chi connectivity index (χ4v) is 4.55. The Morgan fingerprint density at radius 3 is 2.52 bits per heavy atom. The number of hydrogen-bond acceptors (Lipinski definition) is 3. The molecule has 1 saturated heterocycles. The minimum absolute atomic E-state index is 0.0709. The van der Waals surface area contributed by atoms with Gasteiger partial charge < -0.3 is 14.8 Å². The van der Waals surface area contributed by atoms with Gasteiger partial charge in [0.25, 0.3) is 0 Å². The predicted molar refractivity (Wildman–Crippen MR) is 126 cm³/mol. The average molecular weight is 446 g/mol. The van der Waals surface area contributed by atoms with Crippen molar-refractivity contribution in [2.75, 3.05) is 0 Å². The summed E-state index contributed by atoms with van der Waals surface area (Å²) >= 11 is 12.1. The van der Waals surface area contributed by atoms with Crippen molar-refractivity contribution in [3.8, 4) is 5.69 Å². The van der Waals surface area contributed by atoms with Crippen LogP contribution < -0.4 is 5.32 Å². The molecule has 0 bridgehead atoms. The Balaban J connectivity index is 1.61. The first-order valence-electron chi connectivity index (χ1n) is 10.0. The van der Waals surface area contributed by atoms with Crippen LogP contribution in [0.2, 0.25) is 5.02 Å². The van der Waals surface area contributed by atoms with Gasteiger partial charge in [0.15, 0.2) is 5.11 Å². The smallest absolute Gasteiger partial charge is 0.170 e. The van der Waals surface area contributed by atoms with Crippen molar-refractivity contribution >= 4 is 28.9 Å². The average Bonchev–Trinajstić information content (AvgIpc) is 3.40. The Bertz CT molecular complexity index is 1190. The van der Waals surface area contributed by atoms with E-state index in [4.69, 9.17) is 23.8 Å². The van der Waals surface area contributed by atoms with Crippen molar-refractivity contribution in [3.63, 3.8) is 0 Å². The molecule has 5 rings (SSSR count). The number of nitrogens with one attached hydrogen (secondary N) is 1. The van der Waals surface area contributed by atoms with Gasteiger partial charge in [0.2, 0.25) is 0 Å². The summed E-state index contributed by atoms with van der Waals surface area (Å²) in [4.78, 5) is 11.3. The molecule has 1 fully saturated rings. The third-order valence-electron chi connectivity index (χ3n) is 5.43. The highest BCUT2D eigenvalue weighted by molar-refractivity contribution is 7.80. The summed E-state index contributed by atoms with van der Waals surface area (Å²) in [5, 5.41) is 4.88. The first kappa shape index (κ1) is 19.7. The molecular formula is C24H20ClN5S. The Labute approximate surface area is 191 Å². The van der Waals surface area contributed by atoms with Gasteiger partial charge in [0.1, 0.15) is 0 Å².